The second-order valence-corrected chi connectivity index (χ2v) is 6.81. The zero-order valence-electron chi connectivity index (χ0n) is 16.7. The van der Waals surface area contributed by atoms with E-state index in [1.807, 2.05) is 19.1 Å². The first-order chi connectivity index (χ1) is 13.7. The van der Waals surface area contributed by atoms with Gasteiger partial charge in [0.1, 0.15) is 12.1 Å². The Morgan fingerprint density at radius 2 is 1.89 bits per heavy atom. The van der Waals surface area contributed by atoms with Crippen molar-refractivity contribution in [2.45, 2.75) is 26.2 Å². The van der Waals surface area contributed by atoms with Crippen molar-refractivity contribution in [1.82, 2.24) is 15.3 Å². The molecule has 0 aliphatic carbocycles. The van der Waals surface area contributed by atoms with Crippen molar-refractivity contribution in [3.63, 3.8) is 0 Å². The van der Waals surface area contributed by atoms with Gasteiger partial charge in [0.2, 0.25) is 0 Å². The Morgan fingerprint density at radius 3 is 2.57 bits per heavy atom. The number of alkyl carbamates (subject to hydrolysis) is 1. The van der Waals surface area contributed by atoms with Gasteiger partial charge in [0.25, 0.3) is 0 Å². The summed E-state index contributed by atoms with van der Waals surface area (Å²) < 4.78 is 16.0. The number of rotatable bonds is 7. The van der Waals surface area contributed by atoms with E-state index in [4.69, 9.17) is 14.2 Å². The largest absolute Gasteiger partial charge is 0.493 e. The van der Waals surface area contributed by atoms with Crippen LogP contribution in [-0.2, 0) is 4.74 Å². The number of piperidine rings is 1. The van der Waals surface area contributed by atoms with Gasteiger partial charge in [-0.1, -0.05) is 0 Å². The smallest absolute Gasteiger partial charge is 0.407 e. The molecule has 0 saturated carbocycles. The van der Waals surface area contributed by atoms with Crippen LogP contribution >= 0.6 is 0 Å². The summed E-state index contributed by atoms with van der Waals surface area (Å²) in [7, 11) is 3.24. The summed E-state index contributed by atoms with van der Waals surface area (Å²) in [5.74, 6) is 2.80. The predicted octanol–water partition coefficient (Wildman–Crippen LogP) is 3.00. The third-order valence-electron chi connectivity index (χ3n) is 5.11. The fourth-order valence-electron chi connectivity index (χ4n) is 3.57. The highest BCUT2D eigenvalue weighted by molar-refractivity contribution is 5.92. The molecule has 2 heterocycles. The van der Waals surface area contributed by atoms with E-state index in [0.29, 0.717) is 30.6 Å². The number of benzene rings is 1. The molecule has 1 N–H and O–H groups in total. The first-order valence-electron chi connectivity index (χ1n) is 9.68. The number of amides is 1. The zero-order chi connectivity index (χ0) is 19.9. The molecule has 1 amide bonds. The summed E-state index contributed by atoms with van der Waals surface area (Å²) in [6.45, 7) is 4.74. The average Bonchev–Trinajstić information content (AvgIpc) is 2.73. The molecule has 1 aromatic heterocycles. The molecule has 3 rings (SSSR count). The monoisotopic (exact) mass is 388 g/mol. The van der Waals surface area contributed by atoms with E-state index in [9.17, 15) is 4.79 Å². The molecule has 1 aliphatic heterocycles. The minimum atomic E-state index is -0.336. The van der Waals surface area contributed by atoms with E-state index < -0.39 is 0 Å². The van der Waals surface area contributed by atoms with Gasteiger partial charge in [-0.3, -0.25) is 0 Å². The van der Waals surface area contributed by atoms with E-state index >= 15 is 0 Å². The number of nitrogens with zero attached hydrogens (tertiary/aromatic N) is 3. The van der Waals surface area contributed by atoms with Crippen LogP contribution in [0.5, 0.6) is 11.5 Å². The van der Waals surface area contributed by atoms with Gasteiger partial charge in [-0.25, -0.2) is 14.8 Å². The lowest BCUT2D eigenvalue weighted by Crippen LogP contribution is -2.35. The lowest BCUT2D eigenvalue weighted by molar-refractivity contribution is 0.136. The second kappa shape index (κ2) is 9.43. The van der Waals surface area contributed by atoms with Crippen LogP contribution in [0.1, 0.15) is 26.2 Å². The van der Waals surface area contributed by atoms with E-state index in [0.717, 1.165) is 49.1 Å². The Kier molecular flexibility index (Phi) is 6.73. The first kappa shape index (κ1) is 20.0. The van der Waals surface area contributed by atoms with Gasteiger partial charge in [0.15, 0.2) is 11.5 Å². The molecule has 1 fully saturated rings. The van der Waals surface area contributed by atoms with Gasteiger partial charge < -0.3 is 24.4 Å². The standard InChI is InChI=1S/C20H28N4O4/c1-4-21-20(25)28-10-7-14-5-8-24(9-6-14)19-15-11-17(26-2)18(27-3)12-16(15)22-13-23-19/h11-14H,4-10H2,1-3H3,(H,21,25). The summed E-state index contributed by atoms with van der Waals surface area (Å²) in [5.41, 5.74) is 0.833. The van der Waals surface area contributed by atoms with E-state index in [1.165, 1.54) is 0 Å². The quantitative estimate of drug-likeness (QED) is 0.780. The number of carbonyl (C=O) groups excluding carboxylic acids is 1. The normalized spacial score (nSPS) is 14.8. The number of carbonyl (C=O) groups is 1. The maximum Gasteiger partial charge on any atom is 0.407 e. The fourth-order valence-corrected chi connectivity index (χ4v) is 3.57. The maximum atomic E-state index is 11.4. The summed E-state index contributed by atoms with van der Waals surface area (Å²) in [5, 5.41) is 3.60. The van der Waals surface area contributed by atoms with Crippen LogP contribution in [0.15, 0.2) is 18.5 Å². The highest BCUT2D eigenvalue weighted by Gasteiger charge is 2.22. The summed E-state index contributed by atoms with van der Waals surface area (Å²) in [4.78, 5) is 22.6. The van der Waals surface area contributed by atoms with Gasteiger partial charge in [-0.2, -0.15) is 0 Å². The molecule has 0 unspecified atom stereocenters. The van der Waals surface area contributed by atoms with Crippen molar-refractivity contribution < 1.29 is 19.0 Å². The van der Waals surface area contributed by atoms with Crippen LogP contribution in [-0.4, -0.2) is 56.5 Å². The molecule has 28 heavy (non-hydrogen) atoms. The minimum Gasteiger partial charge on any atom is -0.493 e. The van der Waals surface area contributed by atoms with Crippen molar-refractivity contribution in [3.05, 3.63) is 18.5 Å². The molecular formula is C20H28N4O4. The molecule has 2 aromatic rings. The van der Waals surface area contributed by atoms with Crippen LogP contribution in [0.3, 0.4) is 0 Å². The molecule has 152 valence electrons. The van der Waals surface area contributed by atoms with Crippen LogP contribution in [0, 0.1) is 5.92 Å². The van der Waals surface area contributed by atoms with Crippen LogP contribution in [0.25, 0.3) is 10.9 Å². The number of hydrogen-bond acceptors (Lipinski definition) is 7. The Balaban J connectivity index is 1.64. The van der Waals surface area contributed by atoms with E-state index in [2.05, 4.69) is 20.2 Å². The fraction of sp³-hybridized carbons (Fsp3) is 0.550. The molecule has 8 nitrogen and oxygen atoms in total. The second-order valence-electron chi connectivity index (χ2n) is 6.81. The lowest BCUT2D eigenvalue weighted by Gasteiger charge is -2.33. The number of methoxy groups -OCH3 is 2. The molecule has 1 saturated heterocycles. The highest BCUT2D eigenvalue weighted by Crippen LogP contribution is 2.35. The van der Waals surface area contributed by atoms with Crippen molar-refractivity contribution >= 4 is 22.8 Å². The molecule has 1 aromatic carbocycles. The van der Waals surface area contributed by atoms with E-state index in [1.54, 1.807) is 20.5 Å². The summed E-state index contributed by atoms with van der Waals surface area (Å²) in [6, 6.07) is 3.82. The maximum absolute atomic E-state index is 11.4. The molecule has 0 atom stereocenters. The van der Waals surface area contributed by atoms with Crippen molar-refractivity contribution in [3.8, 4) is 11.5 Å². The number of aromatic nitrogens is 2. The molecule has 0 spiro atoms. The van der Waals surface area contributed by atoms with Crippen LogP contribution in [0.2, 0.25) is 0 Å². The number of hydrogen-bond donors (Lipinski definition) is 1. The topological polar surface area (TPSA) is 85.8 Å². The number of ether oxygens (including phenoxy) is 3. The number of fused-ring (bicyclic) bond motifs is 1. The van der Waals surface area contributed by atoms with Gasteiger partial charge in [-0.05, 0) is 38.2 Å². The van der Waals surface area contributed by atoms with Crippen LogP contribution < -0.4 is 19.7 Å². The first-order valence-corrected chi connectivity index (χ1v) is 9.68. The van der Waals surface area contributed by atoms with Crippen molar-refractivity contribution in [1.29, 1.82) is 0 Å². The Hall–Kier alpha value is -2.77. The lowest BCUT2D eigenvalue weighted by atomic mass is 9.94. The molecule has 1 aliphatic rings. The molecule has 8 heteroatoms. The zero-order valence-corrected chi connectivity index (χ0v) is 16.7. The summed E-state index contributed by atoms with van der Waals surface area (Å²) >= 11 is 0. The third kappa shape index (κ3) is 4.55. The summed E-state index contributed by atoms with van der Waals surface area (Å²) in [6.07, 6.45) is 4.22. The molecule has 0 radical (unpaired) electrons. The Bertz CT molecular complexity index is 806. The molecular weight excluding hydrogens is 360 g/mol. The molecule has 0 bridgehead atoms. The average molecular weight is 388 g/mol. The van der Waals surface area contributed by atoms with Crippen molar-refractivity contribution in [2.24, 2.45) is 5.92 Å². The minimum absolute atomic E-state index is 0.336. The third-order valence-corrected chi connectivity index (χ3v) is 5.11. The van der Waals surface area contributed by atoms with Crippen molar-refractivity contribution in [2.75, 3.05) is 45.4 Å². The van der Waals surface area contributed by atoms with Gasteiger partial charge in [0.05, 0.1) is 26.3 Å². The van der Waals surface area contributed by atoms with Gasteiger partial charge >= 0.3 is 6.09 Å². The Morgan fingerprint density at radius 1 is 1.18 bits per heavy atom. The highest BCUT2D eigenvalue weighted by atomic mass is 16.5. The van der Waals surface area contributed by atoms with Gasteiger partial charge in [0, 0.05) is 31.1 Å². The SMILES string of the molecule is CCNC(=O)OCCC1CCN(c2ncnc3cc(OC)c(OC)cc23)CC1. The van der Waals surface area contributed by atoms with Crippen LogP contribution in [0.4, 0.5) is 10.6 Å². The number of nitrogens with one attached hydrogen (secondary N) is 1. The predicted molar refractivity (Wildman–Crippen MR) is 107 cm³/mol. The van der Waals surface area contributed by atoms with Gasteiger partial charge in [-0.15, -0.1) is 0 Å². The van der Waals surface area contributed by atoms with E-state index in [-0.39, 0.29) is 6.09 Å². The number of anilines is 1. The Labute approximate surface area is 165 Å².